The normalized spacial score (nSPS) is 11.3. The fourth-order valence-corrected chi connectivity index (χ4v) is 2.83. The van der Waals surface area contributed by atoms with Crippen LogP contribution < -0.4 is 5.56 Å². The Bertz CT molecular complexity index is 1020. The first-order valence-corrected chi connectivity index (χ1v) is 8.86. The van der Waals surface area contributed by atoms with Crippen molar-refractivity contribution in [3.63, 3.8) is 0 Å². The second-order valence-corrected chi connectivity index (χ2v) is 7.03. The quantitative estimate of drug-likeness (QED) is 0.659. The first-order valence-electron chi connectivity index (χ1n) is 8.86. The minimum atomic E-state index is -0.271. The molecule has 8 heteroatoms. The van der Waals surface area contributed by atoms with Gasteiger partial charge in [-0.3, -0.25) is 14.2 Å². The van der Waals surface area contributed by atoms with Gasteiger partial charge in [0, 0.05) is 13.5 Å². The van der Waals surface area contributed by atoms with Crippen molar-refractivity contribution in [2.75, 3.05) is 7.05 Å². The molecule has 0 aliphatic rings. The molecule has 3 aromatic rings. The summed E-state index contributed by atoms with van der Waals surface area (Å²) in [5.74, 6) is 1.21. The lowest BCUT2D eigenvalue weighted by Gasteiger charge is -2.17. The molecule has 0 saturated carbocycles. The van der Waals surface area contributed by atoms with Gasteiger partial charge < -0.3 is 9.42 Å². The van der Waals surface area contributed by atoms with E-state index in [4.69, 9.17) is 4.52 Å². The van der Waals surface area contributed by atoms with E-state index in [0.29, 0.717) is 34.4 Å². The number of likely N-dealkylation sites (N-methyl/N-ethyl adjacent to an activating group) is 1. The summed E-state index contributed by atoms with van der Waals surface area (Å²) in [6.45, 7) is 5.91. The Balaban J connectivity index is 1.77. The van der Waals surface area contributed by atoms with Crippen LogP contribution in [0.2, 0.25) is 0 Å². The summed E-state index contributed by atoms with van der Waals surface area (Å²) in [5, 5.41) is 3.93. The van der Waals surface area contributed by atoms with Crippen LogP contribution in [0.3, 0.4) is 0 Å². The molecule has 0 N–H and O–H groups in total. The number of rotatable bonds is 6. The summed E-state index contributed by atoms with van der Waals surface area (Å²) < 4.78 is 6.67. The van der Waals surface area contributed by atoms with Gasteiger partial charge in [-0.15, -0.1) is 0 Å². The molecule has 0 atom stereocenters. The molecule has 0 saturated heterocycles. The van der Waals surface area contributed by atoms with Crippen LogP contribution in [0, 0.1) is 12.8 Å². The number of benzene rings is 1. The van der Waals surface area contributed by atoms with Crippen LogP contribution in [0.15, 0.2) is 33.6 Å². The number of aromatic nitrogens is 4. The Kier molecular flexibility index (Phi) is 5.34. The Morgan fingerprint density at radius 3 is 2.74 bits per heavy atom. The van der Waals surface area contributed by atoms with E-state index in [0.717, 1.165) is 6.42 Å². The molecular formula is C19H23N5O3. The molecule has 0 bridgehead atoms. The predicted octanol–water partition coefficient (Wildman–Crippen LogP) is 1.95. The third kappa shape index (κ3) is 4.21. The monoisotopic (exact) mass is 369 g/mol. The largest absolute Gasteiger partial charge is 0.337 e. The predicted molar refractivity (Wildman–Crippen MR) is 100 cm³/mol. The first kappa shape index (κ1) is 18.8. The van der Waals surface area contributed by atoms with Crippen LogP contribution in [-0.4, -0.2) is 37.5 Å². The fraction of sp³-hybridized carbons (Fsp3) is 0.421. The van der Waals surface area contributed by atoms with Gasteiger partial charge in [0.15, 0.2) is 5.82 Å². The molecule has 0 radical (unpaired) electrons. The van der Waals surface area contributed by atoms with Gasteiger partial charge >= 0.3 is 0 Å². The van der Waals surface area contributed by atoms with E-state index in [2.05, 4.69) is 29.0 Å². The minimum absolute atomic E-state index is 0.0772. The highest BCUT2D eigenvalue weighted by molar-refractivity contribution is 5.80. The molecule has 142 valence electrons. The van der Waals surface area contributed by atoms with Crippen molar-refractivity contribution in [1.82, 2.24) is 24.6 Å². The highest BCUT2D eigenvalue weighted by Crippen LogP contribution is 2.11. The Morgan fingerprint density at radius 1 is 1.26 bits per heavy atom. The van der Waals surface area contributed by atoms with Crippen LogP contribution >= 0.6 is 0 Å². The van der Waals surface area contributed by atoms with Gasteiger partial charge in [0.1, 0.15) is 12.2 Å². The molecule has 1 amide bonds. The maximum Gasteiger partial charge on any atom is 0.272 e. The lowest BCUT2D eigenvalue weighted by molar-refractivity contribution is -0.131. The number of carbonyl (C=O) groups is 1. The first-order chi connectivity index (χ1) is 12.8. The molecule has 8 nitrogen and oxygen atoms in total. The summed E-state index contributed by atoms with van der Waals surface area (Å²) in [5.41, 5.74) is 1.40. The van der Waals surface area contributed by atoms with E-state index in [1.807, 2.05) is 18.2 Å². The smallest absolute Gasteiger partial charge is 0.272 e. The lowest BCUT2D eigenvalue weighted by atomic mass is 10.1. The van der Waals surface area contributed by atoms with Gasteiger partial charge in [-0.2, -0.15) is 4.98 Å². The summed E-state index contributed by atoms with van der Waals surface area (Å²) >= 11 is 0. The molecule has 0 aliphatic heterocycles. The van der Waals surface area contributed by atoms with Crippen molar-refractivity contribution in [1.29, 1.82) is 0 Å². The van der Waals surface area contributed by atoms with Crippen molar-refractivity contribution < 1.29 is 9.32 Å². The molecule has 0 fully saturated rings. The van der Waals surface area contributed by atoms with Crippen molar-refractivity contribution in [3.8, 4) is 0 Å². The van der Waals surface area contributed by atoms with E-state index in [1.165, 1.54) is 9.47 Å². The second-order valence-electron chi connectivity index (χ2n) is 7.03. The molecule has 2 heterocycles. The van der Waals surface area contributed by atoms with E-state index >= 15 is 0 Å². The number of para-hydroxylation sites is 2. The third-order valence-electron chi connectivity index (χ3n) is 4.21. The van der Waals surface area contributed by atoms with E-state index in [9.17, 15) is 9.59 Å². The summed E-state index contributed by atoms with van der Waals surface area (Å²) in [7, 11) is 1.65. The van der Waals surface area contributed by atoms with Crippen molar-refractivity contribution >= 4 is 16.9 Å². The molecule has 0 spiro atoms. The maximum atomic E-state index is 12.7. The van der Waals surface area contributed by atoms with Crippen LogP contribution in [-0.2, 0) is 24.3 Å². The number of aryl methyl sites for hydroxylation is 1. The van der Waals surface area contributed by atoms with Gasteiger partial charge in [0.2, 0.25) is 11.8 Å². The van der Waals surface area contributed by atoms with Crippen molar-refractivity contribution in [2.24, 2.45) is 5.92 Å². The molecule has 27 heavy (non-hydrogen) atoms. The van der Waals surface area contributed by atoms with Gasteiger partial charge in [-0.1, -0.05) is 31.1 Å². The number of hydrogen-bond acceptors (Lipinski definition) is 6. The van der Waals surface area contributed by atoms with Crippen molar-refractivity contribution in [3.05, 3.63) is 52.0 Å². The number of nitrogens with zero attached hydrogens (tertiary/aromatic N) is 5. The standard InChI is InChI=1S/C19H23N5O3/c1-12(2)9-16-21-17(27-22-16)10-23(4)18(25)11-24-15-8-6-5-7-14(15)20-13(3)19(24)26/h5-8,12H,9-11H2,1-4H3. The topological polar surface area (TPSA) is 94.1 Å². The van der Waals surface area contributed by atoms with Crippen LogP contribution in [0.5, 0.6) is 0 Å². The Hall–Kier alpha value is -3.03. The van der Waals surface area contributed by atoms with Gasteiger partial charge in [-0.05, 0) is 25.0 Å². The second kappa shape index (κ2) is 7.69. The fourth-order valence-electron chi connectivity index (χ4n) is 2.83. The summed E-state index contributed by atoms with van der Waals surface area (Å²) in [4.78, 5) is 35.2. The average Bonchev–Trinajstić information content (AvgIpc) is 3.04. The zero-order chi connectivity index (χ0) is 19.6. The van der Waals surface area contributed by atoms with E-state index < -0.39 is 0 Å². The van der Waals surface area contributed by atoms with E-state index in [-0.39, 0.29) is 24.6 Å². The zero-order valence-electron chi connectivity index (χ0n) is 16.0. The number of hydrogen-bond donors (Lipinski definition) is 0. The molecule has 0 aliphatic carbocycles. The molecular weight excluding hydrogens is 346 g/mol. The zero-order valence-corrected chi connectivity index (χ0v) is 16.0. The maximum absolute atomic E-state index is 12.7. The van der Waals surface area contributed by atoms with Crippen LogP contribution in [0.1, 0.15) is 31.3 Å². The number of fused-ring (bicyclic) bond motifs is 1. The van der Waals surface area contributed by atoms with E-state index in [1.54, 1.807) is 20.0 Å². The molecule has 1 aromatic carbocycles. The van der Waals surface area contributed by atoms with Gasteiger partial charge in [0.05, 0.1) is 17.6 Å². The summed E-state index contributed by atoms with van der Waals surface area (Å²) in [6.07, 6.45) is 0.721. The molecule has 2 aromatic heterocycles. The van der Waals surface area contributed by atoms with Crippen molar-refractivity contribution in [2.45, 2.75) is 40.3 Å². The molecule has 3 rings (SSSR count). The van der Waals surface area contributed by atoms with Gasteiger partial charge in [0.25, 0.3) is 5.56 Å². The highest BCUT2D eigenvalue weighted by Gasteiger charge is 2.17. The number of amides is 1. The number of carbonyl (C=O) groups excluding carboxylic acids is 1. The van der Waals surface area contributed by atoms with Crippen LogP contribution in [0.25, 0.3) is 11.0 Å². The average molecular weight is 369 g/mol. The summed E-state index contributed by atoms with van der Waals surface area (Å²) in [6, 6.07) is 7.27. The highest BCUT2D eigenvalue weighted by atomic mass is 16.5. The Labute approximate surface area is 156 Å². The SMILES string of the molecule is Cc1nc2ccccc2n(CC(=O)N(C)Cc2nc(CC(C)C)no2)c1=O. The van der Waals surface area contributed by atoms with Crippen LogP contribution in [0.4, 0.5) is 0 Å². The molecule has 0 unspecified atom stereocenters. The Morgan fingerprint density at radius 2 is 2.00 bits per heavy atom. The lowest BCUT2D eigenvalue weighted by Crippen LogP contribution is -2.34. The third-order valence-corrected chi connectivity index (χ3v) is 4.21. The van der Waals surface area contributed by atoms with Gasteiger partial charge in [-0.25, -0.2) is 4.98 Å². The minimum Gasteiger partial charge on any atom is -0.337 e.